The van der Waals surface area contributed by atoms with Gasteiger partial charge in [-0.15, -0.1) is 0 Å². The lowest BCUT2D eigenvalue weighted by molar-refractivity contribution is -0.144. The summed E-state index contributed by atoms with van der Waals surface area (Å²) in [6.07, 6.45) is 0.0662. The molecule has 0 saturated heterocycles. The van der Waals surface area contributed by atoms with Gasteiger partial charge in [0.15, 0.2) is 0 Å². The second kappa shape index (κ2) is 8.64. The molecular formula is C15H21ClN2O3. The van der Waals surface area contributed by atoms with E-state index in [0.717, 1.165) is 0 Å². The summed E-state index contributed by atoms with van der Waals surface area (Å²) < 4.78 is 5.35. The number of hydrogen-bond donors (Lipinski definition) is 1. The summed E-state index contributed by atoms with van der Waals surface area (Å²) in [5.41, 5.74) is 0.530. The molecule has 1 atom stereocenters. The molecule has 1 aromatic carbocycles. The Morgan fingerprint density at radius 1 is 1.33 bits per heavy atom. The molecule has 1 rings (SSSR count). The fourth-order valence-electron chi connectivity index (χ4n) is 1.86. The number of anilines is 1. The van der Waals surface area contributed by atoms with Gasteiger partial charge in [-0.1, -0.05) is 30.7 Å². The van der Waals surface area contributed by atoms with E-state index in [9.17, 15) is 9.59 Å². The number of hydrogen-bond acceptors (Lipinski definition) is 3. The monoisotopic (exact) mass is 312 g/mol. The van der Waals surface area contributed by atoms with Crippen molar-refractivity contribution in [3.63, 3.8) is 0 Å². The molecule has 116 valence electrons. The van der Waals surface area contributed by atoms with Crippen LogP contribution in [0.1, 0.15) is 20.3 Å². The van der Waals surface area contributed by atoms with E-state index < -0.39 is 6.10 Å². The maximum atomic E-state index is 12.1. The Labute approximate surface area is 130 Å². The summed E-state index contributed by atoms with van der Waals surface area (Å²) >= 11 is 5.97. The minimum atomic E-state index is -0.506. The first kappa shape index (κ1) is 17.5. The quantitative estimate of drug-likeness (QED) is 0.841. The van der Waals surface area contributed by atoms with Crippen LogP contribution in [0.4, 0.5) is 5.69 Å². The van der Waals surface area contributed by atoms with E-state index in [1.54, 1.807) is 31.3 Å². The van der Waals surface area contributed by atoms with E-state index in [4.69, 9.17) is 16.3 Å². The number of carbonyl (C=O) groups is 2. The van der Waals surface area contributed by atoms with Gasteiger partial charge in [-0.2, -0.15) is 0 Å². The van der Waals surface area contributed by atoms with Crippen molar-refractivity contribution >= 4 is 29.1 Å². The normalized spacial score (nSPS) is 11.8. The molecule has 21 heavy (non-hydrogen) atoms. The highest BCUT2D eigenvalue weighted by Gasteiger charge is 2.22. The summed E-state index contributed by atoms with van der Waals surface area (Å²) in [5, 5.41) is 3.14. The second-order valence-corrected chi connectivity index (χ2v) is 4.98. The smallest absolute Gasteiger partial charge is 0.251 e. The number of amides is 2. The molecule has 0 aliphatic heterocycles. The van der Waals surface area contributed by atoms with Crippen molar-refractivity contribution < 1.29 is 14.3 Å². The number of ether oxygens (including phenoxy) is 1. The molecular weight excluding hydrogens is 292 g/mol. The highest BCUT2D eigenvalue weighted by molar-refractivity contribution is 6.33. The van der Waals surface area contributed by atoms with E-state index in [1.807, 2.05) is 13.8 Å². The van der Waals surface area contributed by atoms with Crippen LogP contribution in [0.15, 0.2) is 24.3 Å². The van der Waals surface area contributed by atoms with Crippen molar-refractivity contribution in [3.05, 3.63) is 29.3 Å². The minimum absolute atomic E-state index is 0.0480. The van der Waals surface area contributed by atoms with Gasteiger partial charge in [0, 0.05) is 13.7 Å². The van der Waals surface area contributed by atoms with Crippen LogP contribution in [-0.2, 0) is 14.3 Å². The van der Waals surface area contributed by atoms with E-state index >= 15 is 0 Å². The summed E-state index contributed by atoms with van der Waals surface area (Å²) in [4.78, 5) is 25.4. The Kier molecular flexibility index (Phi) is 7.19. The number of nitrogens with zero attached hydrogens (tertiary/aromatic N) is 1. The zero-order valence-corrected chi connectivity index (χ0v) is 13.3. The van der Waals surface area contributed by atoms with Gasteiger partial charge < -0.3 is 15.0 Å². The molecule has 1 aromatic rings. The number of carbonyl (C=O) groups excluding carboxylic acids is 2. The number of likely N-dealkylation sites (N-methyl/N-ethyl adjacent to an activating group) is 1. The lowest BCUT2D eigenvalue weighted by Crippen LogP contribution is -2.41. The van der Waals surface area contributed by atoms with E-state index in [1.165, 1.54) is 4.90 Å². The van der Waals surface area contributed by atoms with Crippen LogP contribution in [0.2, 0.25) is 5.02 Å². The van der Waals surface area contributed by atoms with Crippen molar-refractivity contribution in [2.45, 2.75) is 26.4 Å². The van der Waals surface area contributed by atoms with Gasteiger partial charge in [0.25, 0.3) is 5.91 Å². The van der Waals surface area contributed by atoms with Crippen LogP contribution >= 0.6 is 11.6 Å². The molecule has 0 heterocycles. The third-order valence-corrected chi connectivity index (χ3v) is 3.25. The van der Waals surface area contributed by atoms with Crippen LogP contribution in [0.5, 0.6) is 0 Å². The number of para-hydroxylation sites is 1. The van der Waals surface area contributed by atoms with Crippen molar-refractivity contribution in [2.24, 2.45) is 0 Å². The van der Waals surface area contributed by atoms with E-state index in [0.29, 0.717) is 23.7 Å². The fraction of sp³-hybridized carbons (Fsp3) is 0.467. The predicted molar refractivity (Wildman–Crippen MR) is 83.4 cm³/mol. The summed E-state index contributed by atoms with van der Waals surface area (Å²) in [6.45, 7) is 4.12. The van der Waals surface area contributed by atoms with Gasteiger partial charge >= 0.3 is 0 Å². The molecule has 0 spiro atoms. The van der Waals surface area contributed by atoms with Crippen LogP contribution in [-0.4, -0.2) is 43.0 Å². The van der Waals surface area contributed by atoms with Crippen LogP contribution in [0.25, 0.3) is 0 Å². The lowest BCUT2D eigenvalue weighted by Gasteiger charge is -2.22. The molecule has 0 saturated carbocycles. The highest BCUT2D eigenvalue weighted by atomic mass is 35.5. The Hall–Kier alpha value is -1.59. The van der Waals surface area contributed by atoms with Crippen molar-refractivity contribution in [1.29, 1.82) is 0 Å². The van der Waals surface area contributed by atoms with Crippen LogP contribution in [0.3, 0.4) is 0 Å². The van der Waals surface area contributed by atoms with Crippen LogP contribution in [0, 0.1) is 0 Å². The molecule has 0 aromatic heterocycles. The van der Waals surface area contributed by atoms with Gasteiger partial charge in [-0.3, -0.25) is 9.59 Å². The Morgan fingerprint density at radius 2 is 2.00 bits per heavy atom. The van der Waals surface area contributed by atoms with Gasteiger partial charge in [0.2, 0.25) is 5.91 Å². The summed E-state index contributed by atoms with van der Waals surface area (Å²) in [5.74, 6) is -0.501. The van der Waals surface area contributed by atoms with Gasteiger partial charge in [-0.25, -0.2) is 0 Å². The van der Waals surface area contributed by atoms with Gasteiger partial charge in [-0.05, 0) is 25.5 Å². The lowest BCUT2D eigenvalue weighted by atomic mass is 10.2. The molecule has 0 aliphatic carbocycles. The molecule has 0 unspecified atom stereocenters. The first-order chi connectivity index (χ1) is 9.99. The van der Waals surface area contributed by atoms with E-state index in [2.05, 4.69) is 5.32 Å². The average Bonchev–Trinajstić information content (AvgIpc) is 2.46. The molecule has 0 fully saturated rings. The van der Waals surface area contributed by atoms with Gasteiger partial charge in [0.1, 0.15) is 6.10 Å². The Balaban J connectivity index is 2.58. The SMILES string of the molecule is CCO[C@@H](CC)C(=O)N(C)CC(=O)Nc1ccccc1Cl. The number of benzene rings is 1. The molecule has 0 bridgehead atoms. The largest absolute Gasteiger partial charge is 0.369 e. The first-order valence-electron chi connectivity index (χ1n) is 6.90. The first-order valence-corrected chi connectivity index (χ1v) is 7.28. The maximum Gasteiger partial charge on any atom is 0.251 e. The molecule has 2 amide bonds. The van der Waals surface area contributed by atoms with Crippen molar-refractivity contribution in [1.82, 2.24) is 4.90 Å². The number of rotatable bonds is 7. The minimum Gasteiger partial charge on any atom is -0.369 e. The average molecular weight is 313 g/mol. The van der Waals surface area contributed by atoms with Gasteiger partial charge in [0.05, 0.1) is 17.3 Å². The maximum absolute atomic E-state index is 12.1. The molecule has 1 N–H and O–H groups in total. The molecule has 0 radical (unpaired) electrons. The third-order valence-electron chi connectivity index (χ3n) is 2.92. The molecule has 0 aliphatic rings. The number of nitrogens with one attached hydrogen (secondary N) is 1. The summed E-state index contributed by atoms with van der Waals surface area (Å²) in [7, 11) is 1.58. The van der Waals surface area contributed by atoms with E-state index in [-0.39, 0.29) is 18.4 Å². The summed E-state index contributed by atoms with van der Waals surface area (Å²) in [6, 6.07) is 6.95. The second-order valence-electron chi connectivity index (χ2n) is 4.57. The fourth-order valence-corrected chi connectivity index (χ4v) is 2.04. The Bertz CT molecular complexity index is 494. The number of halogens is 1. The molecule has 5 nitrogen and oxygen atoms in total. The third kappa shape index (κ3) is 5.36. The van der Waals surface area contributed by atoms with Crippen LogP contribution < -0.4 is 5.32 Å². The predicted octanol–water partition coefficient (Wildman–Crippen LogP) is 2.55. The molecule has 6 heteroatoms. The highest BCUT2D eigenvalue weighted by Crippen LogP contribution is 2.20. The van der Waals surface area contributed by atoms with Crippen molar-refractivity contribution in [2.75, 3.05) is 25.5 Å². The standard InChI is InChI=1S/C15H21ClN2O3/c1-4-13(21-5-2)15(20)18(3)10-14(19)17-12-9-7-6-8-11(12)16/h6-9,13H,4-5,10H2,1-3H3,(H,17,19)/t13-/m0/s1. The topological polar surface area (TPSA) is 58.6 Å². The zero-order chi connectivity index (χ0) is 15.8. The van der Waals surface area contributed by atoms with Crippen molar-refractivity contribution in [3.8, 4) is 0 Å². The zero-order valence-electron chi connectivity index (χ0n) is 12.6. The Morgan fingerprint density at radius 3 is 2.57 bits per heavy atom.